The molecule has 0 aliphatic carbocycles. The van der Waals surface area contributed by atoms with Crippen LogP contribution in [0.1, 0.15) is 245 Å². The molecule has 3 aliphatic heterocycles. The molecule has 0 saturated carbocycles. The molecule has 1 amide bonds. The van der Waals surface area contributed by atoms with Crippen molar-refractivity contribution in [2.75, 3.05) is 26.4 Å². The number of carbonyl (C=O) groups excluding carboxylic acids is 1. The lowest BCUT2D eigenvalue weighted by Gasteiger charge is -2.48. The molecule has 0 spiro atoms. The highest BCUT2D eigenvalue weighted by molar-refractivity contribution is 5.76. The smallest absolute Gasteiger partial charge is 0.220 e. The molecule has 17 unspecified atom stereocenters. The molecule has 83 heavy (non-hydrogen) atoms. The average Bonchev–Trinajstić information content (AvgIpc) is 3.61. The first-order valence-electron chi connectivity index (χ1n) is 33.1. The fourth-order valence-electron chi connectivity index (χ4n) is 11.3. The molecule has 3 saturated heterocycles. The Morgan fingerprint density at radius 1 is 0.422 bits per heavy atom. The molecule has 19 nitrogen and oxygen atoms in total. The summed E-state index contributed by atoms with van der Waals surface area (Å²) in [6, 6.07) is -0.983. The zero-order chi connectivity index (χ0) is 60.5. The zero-order valence-electron chi connectivity index (χ0n) is 51.2. The van der Waals surface area contributed by atoms with Gasteiger partial charge in [0, 0.05) is 6.42 Å². The van der Waals surface area contributed by atoms with Crippen LogP contribution in [-0.4, -0.2) is 193 Å². The SMILES string of the molecule is CCCCCCCCCCCCCCCCCCCCCCCCCCCCC/C=C/CC/C=C/C(O)C(COC1OC(CO)C(OC2OC(CO)C(OC3OC(CO)C(O)C(O)C3O)C(O)C2O)C(O)C1O)NC(=O)CCCCCCC. The molecule has 488 valence electrons. The van der Waals surface area contributed by atoms with Crippen LogP contribution in [0.4, 0.5) is 0 Å². The van der Waals surface area contributed by atoms with Crippen molar-refractivity contribution in [2.24, 2.45) is 0 Å². The summed E-state index contributed by atoms with van der Waals surface area (Å²) in [7, 11) is 0. The summed E-state index contributed by atoms with van der Waals surface area (Å²) in [5.41, 5.74) is 0. The van der Waals surface area contributed by atoms with Crippen LogP contribution in [0, 0.1) is 0 Å². The van der Waals surface area contributed by atoms with Crippen LogP contribution in [0.3, 0.4) is 0 Å². The van der Waals surface area contributed by atoms with Crippen LogP contribution in [0.2, 0.25) is 0 Å². The first-order valence-corrected chi connectivity index (χ1v) is 33.1. The summed E-state index contributed by atoms with van der Waals surface area (Å²) in [6.07, 6.45) is 25.7. The first kappa shape index (κ1) is 75.5. The third-order valence-corrected chi connectivity index (χ3v) is 16.8. The van der Waals surface area contributed by atoms with Crippen LogP contribution >= 0.6 is 0 Å². The van der Waals surface area contributed by atoms with E-state index in [2.05, 4.69) is 31.3 Å². The molecule has 17 atom stereocenters. The van der Waals surface area contributed by atoms with Crippen molar-refractivity contribution in [3.8, 4) is 0 Å². The number of hydrogen-bond donors (Lipinski definition) is 12. The minimum absolute atomic E-state index is 0.232. The van der Waals surface area contributed by atoms with E-state index >= 15 is 0 Å². The fourth-order valence-corrected chi connectivity index (χ4v) is 11.3. The number of amides is 1. The van der Waals surface area contributed by atoms with Gasteiger partial charge in [0.1, 0.15) is 73.2 Å². The van der Waals surface area contributed by atoms with Crippen LogP contribution in [-0.2, 0) is 33.2 Å². The highest BCUT2D eigenvalue weighted by Crippen LogP contribution is 2.33. The topological polar surface area (TPSA) is 307 Å². The minimum Gasteiger partial charge on any atom is -0.394 e. The molecule has 0 aromatic carbocycles. The third-order valence-electron chi connectivity index (χ3n) is 16.8. The second-order valence-corrected chi connectivity index (χ2v) is 23.9. The van der Waals surface area contributed by atoms with Crippen molar-refractivity contribution in [3.05, 3.63) is 24.3 Å². The van der Waals surface area contributed by atoms with E-state index in [4.69, 9.17) is 28.4 Å². The summed E-state index contributed by atoms with van der Waals surface area (Å²) < 4.78 is 34.1. The number of nitrogens with one attached hydrogen (secondary N) is 1. The molecule has 0 aromatic heterocycles. The number of allylic oxidation sites excluding steroid dienone is 3. The van der Waals surface area contributed by atoms with E-state index < -0.39 is 124 Å². The molecule has 3 fully saturated rings. The summed E-state index contributed by atoms with van der Waals surface area (Å²) in [4.78, 5) is 13.1. The second-order valence-electron chi connectivity index (χ2n) is 23.9. The summed E-state index contributed by atoms with van der Waals surface area (Å²) in [5.74, 6) is -0.297. The Balaban J connectivity index is 1.32. The lowest BCUT2D eigenvalue weighted by Crippen LogP contribution is -2.66. The highest BCUT2D eigenvalue weighted by Gasteiger charge is 2.53. The van der Waals surface area contributed by atoms with E-state index in [9.17, 15) is 61.0 Å². The van der Waals surface area contributed by atoms with E-state index in [1.807, 2.05) is 6.08 Å². The zero-order valence-corrected chi connectivity index (χ0v) is 51.2. The van der Waals surface area contributed by atoms with Crippen LogP contribution in [0.5, 0.6) is 0 Å². The maximum atomic E-state index is 13.1. The van der Waals surface area contributed by atoms with E-state index in [1.54, 1.807) is 6.08 Å². The van der Waals surface area contributed by atoms with Crippen LogP contribution in [0.15, 0.2) is 24.3 Å². The average molecular weight is 1190 g/mol. The highest BCUT2D eigenvalue weighted by atomic mass is 16.8. The first-order chi connectivity index (χ1) is 40.3. The Morgan fingerprint density at radius 2 is 0.771 bits per heavy atom. The van der Waals surface area contributed by atoms with Crippen LogP contribution in [0.25, 0.3) is 0 Å². The predicted molar refractivity (Wildman–Crippen MR) is 319 cm³/mol. The largest absolute Gasteiger partial charge is 0.394 e. The maximum absolute atomic E-state index is 13.1. The monoisotopic (exact) mass is 1190 g/mol. The summed E-state index contributed by atoms with van der Waals surface area (Å²) in [6.45, 7) is 1.61. The van der Waals surface area contributed by atoms with E-state index in [0.717, 1.165) is 44.9 Å². The Morgan fingerprint density at radius 3 is 1.20 bits per heavy atom. The molecule has 3 heterocycles. The molecular weight excluding hydrogens is 1070 g/mol. The second kappa shape index (κ2) is 47.3. The Bertz CT molecular complexity index is 1610. The lowest BCUT2D eigenvalue weighted by molar-refractivity contribution is -0.379. The van der Waals surface area contributed by atoms with Gasteiger partial charge in [-0.3, -0.25) is 4.79 Å². The number of hydrogen-bond acceptors (Lipinski definition) is 18. The van der Waals surface area contributed by atoms with Gasteiger partial charge >= 0.3 is 0 Å². The number of carbonyl (C=O) groups is 1. The van der Waals surface area contributed by atoms with Gasteiger partial charge < -0.3 is 89.9 Å². The molecular formula is C64H119NO18. The van der Waals surface area contributed by atoms with Gasteiger partial charge in [-0.05, 0) is 32.1 Å². The Hall–Kier alpha value is -1.73. The number of aliphatic hydroxyl groups is 11. The van der Waals surface area contributed by atoms with Gasteiger partial charge in [-0.1, -0.05) is 231 Å². The number of unbranched alkanes of at least 4 members (excludes halogenated alkanes) is 32. The van der Waals surface area contributed by atoms with Crippen molar-refractivity contribution in [1.29, 1.82) is 0 Å². The van der Waals surface area contributed by atoms with Crippen molar-refractivity contribution in [1.82, 2.24) is 5.32 Å². The van der Waals surface area contributed by atoms with Gasteiger partial charge in [-0.2, -0.15) is 0 Å². The summed E-state index contributed by atoms with van der Waals surface area (Å²) in [5, 5.41) is 120. The van der Waals surface area contributed by atoms with E-state index in [-0.39, 0.29) is 18.9 Å². The normalized spacial score (nSPS) is 29.5. The molecule has 3 rings (SSSR count). The van der Waals surface area contributed by atoms with E-state index in [0.29, 0.717) is 12.8 Å². The number of aliphatic hydroxyl groups excluding tert-OH is 11. The molecule has 0 radical (unpaired) electrons. The molecule has 0 aromatic rings. The fraction of sp³-hybridized carbons (Fsp3) is 0.922. The van der Waals surface area contributed by atoms with Gasteiger partial charge in [0.25, 0.3) is 0 Å². The van der Waals surface area contributed by atoms with E-state index in [1.165, 1.54) is 167 Å². The van der Waals surface area contributed by atoms with Gasteiger partial charge in [-0.15, -0.1) is 0 Å². The Labute approximate surface area is 498 Å². The molecule has 12 N–H and O–H groups in total. The number of rotatable bonds is 50. The molecule has 0 bridgehead atoms. The van der Waals surface area contributed by atoms with Crippen molar-refractivity contribution in [3.63, 3.8) is 0 Å². The van der Waals surface area contributed by atoms with Crippen molar-refractivity contribution in [2.45, 2.75) is 349 Å². The maximum Gasteiger partial charge on any atom is 0.220 e. The van der Waals surface area contributed by atoms with Gasteiger partial charge in [0.05, 0.1) is 38.6 Å². The molecule has 19 heteroatoms. The van der Waals surface area contributed by atoms with Gasteiger partial charge in [-0.25, -0.2) is 0 Å². The standard InChI is InChI=1S/C64H119NO18/c1-3-5-7-9-10-11-12-13-14-15-16-17-18-19-20-21-22-23-24-25-26-27-28-29-30-31-32-33-34-35-36-38-39-41-48(69)47(65-52(70)42-40-37-8-6-4-2)46-78-62-58(76)55(73)60(50(44-67)80-62)83-64-59(77)56(74)61(51(45-68)81-64)82-63-57(75)54(72)53(71)49(43-66)79-63/h34-35,39,41,47-51,53-64,66-69,71-77H,3-33,36-38,40,42-46H2,1-2H3,(H,65,70)/b35-34+,41-39+. The summed E-state index contributed by atoms with van der Waals surface area (Å²) >= 11 is 0. The van der Waals surface area contributed by atoms with Gasteiger partial charge in [0.15, 0.2) is 18.9 Å². The lowest BCUT2D eigenvalue weighted by atomic mass is 9.96. The quantitative estimate of drug-likeness (QED) is 0.0207. The predicted octanol–water partition coefficient (Wildman–Crippen LogP) is 7.49. The van der Waals surface area contributed by atoms with Crippen molar-refractivity contribution < 1.29 is 89.4 Å². The minimum atomic E-state index is -1.98. The van der Waals surface area contributed by atoms with Gasteiger partial charge in [0.2, 0.25) is 5.91 Å². The number of ether oxygens (including phenoxy) is 6. The third kappa shape index (κ3) is 30.4. The van der Waals surface area contributed by atoms with Crippen LogP contribution < -0.4 is 5.32 Å². The van der Waals surface area contributed by atoms with Crippen molar-refractivity contribution >= 4 is 5.91 Å². The Kier molecular flexibility index (Phi) is 43.0. The molecule has 3 aliphatic rings.